The molecule has 1 fully saturated rings. The van der Waals surface area contributed by atoms with Crippen molar-refractivity contribution in [2.45, 2.75) is 0 Å². The van der Waals surface area contributed by atoms with Gasteiger partial charge in [0.1, 0.15) is 5.70 Å². The summed E-state index contributed by atoms with van der Waals surface area (Å²) in [5.74, 6) is -0.587. The number of amides is 3. The lowest BCUT2D eigenvalue weighted by molar-refractivity contribution is -0.116. The lowest BCUT2D eigenvalue weighted by Gasteiger charge is -2.02. The third kappa shape index (κ3) is 1.70. The Morgan fingerprint density at radius 3 is 2.25 bits per heavy atom. The Kier molecular flexibility index (Phi) is 2.51. The maximum Gasteiger partial charge on any atom is 0.326 e. The normalized spacial score (nSPS) is 17.8. The molecule has 5 nitrogen and oxygen atoms in total. The van der Waals surface area contributed by atoms with Gasteiger partial charge in [-0.1, -0.05) is 30.3 Å². The number of aldehydes is 1. The Hall–Kier alpha value is -2.43. The third-order valence-corrected chi connectivity index (χ3v) is 2.16. The summed E-state index contributed by atoms with van der Waals surface area (Å²) in [4.78, 5) is 33.2. The van der Waals surface area contributed by atoms with Gasteiger partial charge in [0, 0.05) is 0 Å². The van der Waals surface area contributed by atoms with E-state index < -0.39 is 11.9 Å². The van der Waals surface area contributed by atoms with Gasteiger partial charge in [-0.2, -0.15) is 0 Å². The minimum atomic E-state index is -0.615. The SMILES string of the molecule is O=C/C(=C1\NC(=O)NC1=O)c1ccccc1. The number of imide groups is 1. The Balaban J connectivity index is 2.51. The van der Waals surface area contributed by atoms with Crippen LogP contribution in [0.15, 0.2) is 36.0 Å². The van der Waals surface area contributed by atoms with Crippen LogP contribution < -0.4 is 10.6 Å². The van der Waals surface area contributed by atoms with Crippen LogP contribution in [0.1, 0.15) is 5.56 Å². The molecule has 1 aromatic carbocycles. The standard InChI is InChI=1S/C11H8N2O3/c14-6-8(7-4-2-1-3-5-7)9-10(15)13-11(16)12-9/h1-6H,(H2,12,13,15,16)/b9-8+. The molecule has 2 rings (SSSR count). The van der Waals surface area contributed by atoms with Crippen molar-refractivity contribution in [3.05, 3.63) is 41.6 Å². The Labute approximate surface area is 91.1 Å². The van der Waals surface area contributed by atoms with E-state index in [9.17, 15) is 14.4 Å². The van der Waals surface area contributed by atoms with Gasteiger partial charge in [-0.3, -0.25) is 14.9 Å². The molecule has 1 heterocycles. The molecular weight excluding hydrogens is 208 g/mol. The summed E-state index contributed by atoms with van der Waals surface area (Å²) in [5, 5.41) is 4.35. The summed E-state index contributed by atoms with van der Waals surface area (Å²) in [6.45, 7) is 0. The van der Waals surface area contributed by atoms with Crippen molar-refractivity contribution in [3.63, 3.8) is 0 Å². The number of rotatable bonds is 2. The van der Waals surface area contributed by atoms with Gasteiger partial charge in [0.05, 0.1) is 5.57 Å². The fourth-order valence-electron chi connectivity index (χ4n) is 1.45. The van der Waals surface area contributed by atoms with Crippen LogP contribution in [0.5, 0.6) is 0 Å². The van der Waals surface area contributed by atoms with Gasteiger partial charge in [0.2, 0.25) is 0 Å². The second kappa shape index (κ2) is 3.98. The second-order valence-electron chi connectivity index (χ2n) is 3.18. The number of benzene rings is 1. The summed E-state index contributed by atoms with van der Waals surface area (Å²) in [6.07, 6.45) is 0.551. The maximum absolute atomic E-state index is 11.3. The van der Waals surface area contributed by atoms with Crippen LogP contribution in [0.3, 0.4) is 0 Å². The fourth-order valence-corrected chi connectivity index (χ4v) is 1.45. The van der Waals surface area contributed by atoms with E-state index in [0.29, 0.717) is 11.8 Å². The molecule has 0 bridgehead atoms. The van der Waals surface area contributed by atoms with Gasteiger partial charge in [-0.25, -0.2) is 4.79 Å². The number of urea groups is 1. The minimum Gasteiger partial charge on any atom is -0.302 e. The fraction of sp³-hybridized carbons (Fsp3) is 0. The molecule has 0 radical (unpaired) electrons. The van der Waals surface area contributed by atoms with Crippen molar-refractivity contribution < 1.29 is 14.4 Å². The number of carbonyl (C=O) groups excluding carboxylic acids is 3. The maximum atomic E-state index is 11.3. The smallest absolute Gasteiger partial charge is 0.302 e. The number of nitrogens with one attached hydrogen (secondary N) is 2. The topological polar surface area (TPSA) is 75.3 Å². The molecule has 0 aliphatic carbocycles. The Morgan fingerprint density at radius 2 is 1.75 bits per heavy atom. The highest BCUT2D eigenvalue weighted by atomic mass is 16.2. The predicted molar refractivity (Wildman–Crippen MR) is 56.1 cm³/mol. The number of hydrogen-bond donors (Lipinski definition) is 2. The van der Waals surface area contributed by atoms with Crippen molar-refractivity contribution in [2.24, 2.45) is 0 Å². The molecule has 3 amide bonds. The summed E-state index contributed by atoms with van der Waals surface area (Å²) in [5.41, 5.74) is 0.750. The van der Waals surface area contributed by atoms with Crippen molar-refractivity contribution in [1.82, 2.24) is 10.6 Å². The van der Waals surface area contributed by atoms with E-state index in [1.807, 2.05) is 5.32 Å². The second-order valence-corrected chi connectivity index (χ2v) is 3.18. The highest BCUT2D eigenvalue weighted by molar-refractivity contribution is 6.23. The van der Waals surface area contributed by atoms with Gasteiger partial charge in [0.15, 0.2) is 6.29 Å². The van der Waals surface area contributed by atoms with E-state index in [1.54, 1.807) is 30.3 Å². The summed E-state index contributed by atoms with van der Waals surface area (Å²) in [6, 6.07) is 8.05. The first kappa shape index (κ1) is 10.1. The van der Waals surface area contributed by atoms with Crippen LogP contribution in [-0.2, 0) is 9.59 Å². The van der Waals surface area contributed by atoms with Crippen molar-refractivity contribution >= 4 is 23.8 Å². The molecule has 5 heteroatoms. The quantitative estimate of drug-likeness (QED) is 0.428. The highest BCUT2D eigenvalue weighted by Crippen LogP contribution is 2.16. The zero-order chi connectivity index (χ0) is 11.5. The first-order valence-corrected chi connectivity index (χ1v) is 4.59. The summed E-state index contributed by atoms with van der Waals surface area (Å²) < 4.78 is 0. The molecule has 0 aromatic heterocycles. The predicted octanol–water partition coefficient (Wildman–Crippen LogP) is 0.436. The molecule has 1 aliphatic rings. The first-order chi connectivity index (χ1) is 7.72. The average Bonchev–Trinajstić information content (AvgIpc) is 2.61. The summed E-state index contributed by atoms with van der Waals surface area (Å²) in [7, 11) is 0. The van der Waals surface area contributed by atoms with Gasteiger partial charge in [-0.05, 0) is 5.56 Å². The Morgan fingerprint density at radius 1 is 1.06 bits per heavy atom. The molecule has 16 heavy (non-hydrogen) atoms. The van der Waals surface area contributed by atoms with Gasteiger partial charge >= 0.3 is 6.03 Å². The van der Waals surface area contributed by atoms with Gasteiger partial charge in [0.25, 0.3) is 5.91 Å². The van der Waals surface area contributed by atoms with E-state index in [0.717, 1.165) is 0 Å². The lowest BCUT2D eigenvalue weighted by Crippen LogP contribution is -2.22. The monoisotopic (exact) mass is 216 g/mol. The molecule has 0 spiro atoms. The zero-order valence-corrected chi connectivity index (χ0v) is 8.19. The molecular formula is C11H8N2O3. The van der Waals surface area contributed by atoms with Crippen LogP contribution >= 0.6 is 0 Å². The van der Waals surface area contributed by atoms with Crippen LogP contribution in [-0.4, -0.2) is 18.2 Å². The molecule has 80 valence electrons. The minimum absolute atomic E-state index is 0.00815. The van der Waals surface area contributed by atoms with E-state index >= 15 is 0 Å². The van der Waals surface area contributed by atoms with E-state index in [-0.39, 0.29) is 11.3 Å². The van der Waals surface area contributed by atoms with Crippen molar-refractivity contribution in [2.75, 3.05) is 0 Å². The van der Waals surface area contributed by atoms with Crippen LogP contribution in [0.4, 0.5) is 4.79 Å². The van der Waals surface area contributed by atoms with Crippen LogP contribution in [0.2, 0.25) is 0 Å². The van der Waals surface area contributed by atoms with E-state index in [4.69, 9.17) is 0 Å². The van der Waals surface area contributed by atoms with Crippen LogP contribution in [0, 0.1) is 0 Å². The van der Waals surface area contributed by atoms with E-state index in [2.05, 4.69) is 5.32 Å². The first-order valence-electron chi connectivity index (χ1n) is 4.59. The zero-order valence-electron chi connectivity index (χ0n) is 8.19. The number of allylic oxidation sites excluding steroid dienone is 1. The number of hydrogen-bond acceptors (Lipinski definition) is 3. The number of carbonyl (C=O) groups is 3. The lowest BCUT2D eigenvalue weighted by atomic mass is 10.1. The van der Waals surface area contributed by atoms with Crippen molar-refractivity contribution in [3.8, 4) is 0 Å². The molecule has 2 N–H and O–H groups in total. The van der Waals surface area contributed by atoms with Gasteiger partial charge < -0.3 is 5.32 Å². The Bertz CT molecular complexity index is 491. The van der Waals surface area contributed by atoms with Crippen molar-refractivity contribution in [1.29, 1.82) is 0 Å². The van der Waals surface area contributed by atoms with E-state index in [1.165, 1.54) is 0 Å². The average molecular weight is 216 g/mol. The van der Waals surface area contributed by atoms with Gasteiger partial charge in [-0.15, -0.1) is 0 Å². The third-order valence-electron chi connectivity index (χ3n) is 2.16. The molecule has 0 unspecified atom stereocenters. The molecule has 0 saturated carbocycles. The molecule has 1 aromatic rings. The molecule has 1 aliphatic heterocycles. The summed E-state index contributed by atoms with van der Waals surface area (Å²) >= 11 is 0. The largest absolute Gasteiger partial charge is 0.326 e. The molecule has 0 atom stereocenters. The highest BCUT2D eigenvalue weighted by Gasteiger charge is 2.26. The molecule has 1 saturated heterocycles. The van der Waals surface area contributed by atoms with Crippen LogP contribution in [0.25, 0.3) is 5.57 Å².